The molecule has 1 aliphatic rings. The molecule has 1 rings (SSSR count). The standard InChI is InChI=1S/C10H17ClO2/c1-8(12)7-10(13)6-4-3-5-9(10,2)11/h13H,3-7H2,1-2H3/t9-,10-/m0/s1. The van der Waals surface area contributed by atoms with E-state index >= 15 is 0 Å². The average Bonchev–Trinajstić information content (AvgIpc) is 1.94. The van der Waals surface area contributed by atoms with E-state index in [0.717, 1.165) is 19.3 Å². The van der Waals surface area contributed by atoms with Crippen molar-refractivity contribution in [1.82, 2.24) is 0 Å². The summed E-state index contributed by atoms with van der Waals surface area (Å²) in [6, 6.07) is 0. The zero-order valence-corrected chi connectivity index (χ0v) is 9.02. The van der Waals surface area contributed by atoms with Crippen LogP contribution in [-0.2, 0) is 4.79 Å². The molecule has 0 aliphatic heterocycles. The second-order valence-corrected chi connectivity index (χ2v) is 5.15. The third-order valence-electron chi connectivity index (χ3n) is 3.00. The fourth-order valence-electron chi connectivity index (χ4n) is 2.05. The number of hydrogen-bond donors (Lipinski definition) is 1. The quantitative estimate of drug-likeness (QED) is 0.701. The van der Waals surface area contributed by atoms with Crippen molar-refractivity contribution in [2.45, 2.75) is 56.4 Å². The molecule has 13 heavy (non-hydrogen) atoms. The third-order valence-corrected chi connectivity index (χ3v) is 3.54. The lowest BCUT2D eigenvalue weighted by Crippen LogP contribution is -2.51. The minimum Gasteiger partial charge on any atom is -0.388 e. The van der Waals surface area contributed by atoms with Gasteiger partial charge < -0.3 is 5.11 Å². The van der Waals surface area contributed by atoms with Gasteiger partial charge in [0, 0.05) is 6.42 Å². The second kappa shape index (κ2) is 3.58. The number of alkyl halides is 1. The Morgan fingerprint density at radius 2 is 2.00 bits per heavy atom. The predicted molar refractivity (Wildman–Crippen MR) is 53.0 cm³/mol. The van der Waals surface area contributed by atoms with Crippen molar-refractivity contribution in [3.63, 3.8) is 0 Å². The molecule has 0 aromatic rings. The Morgan fingerprint density at radius 1 is 1.46 bits per heavy atom. The van der Waals surface area contributed by atoms with E-state index in [-0.39, 0.29) is 12.2 Å². The van der Waals surface area contributed by atoms with E-state index in [2.05, 4.69) is 0 Å². The SMILES string of the molecule is CC(=O)C[C@@]1(O)CCCC[C@]1(C)Cl. The molecule has 0 radical (unpaired) electrons. The van der Waals surface area contributed by atoms with Gasteiger partial charge in [0.25, 0.3) is 0 Å². The lowest BCUT2D eigenvalue weighted by Gasteiger charge is -2.44. The highest BCUT2D eigenvalue weighted by Crippen LogP contribution is 2.43. The molecule has 0 aromatic heterocycles. The lowest BCUT2D eigenvalue weighted by atomic mass is 9.73. The summed E-state index contributed by atoms with van der Waals surface area (Å²) in [7, 11) is 0. The first-order valence-corrected chi connectivity index (χ1v) is 5.16. The number of hydrogen-bond acceptors (Lipinski definition) is 2. The molecule has 0 unspecified atom stereocenters. The van der Waals surface area contributed by atoms with Crippen molar-refractivity contribution in [2.75, 3.05) is 0 Å². The van der Waals surface area contributed by atoms with E-state index < -0.39 is 10.5 Å². The Morgan fingerprint density at radius 3 is 2.46 bits per heavy atom. The highest BCUT2D eigenvalue weighted by molar-refractivity contribution is 6.24. The van der Waals surface area contributed by atoms with Crippen LogP contribution in [0.15, 0.2) is 0 Å². The minimum atomic E-state index is -0.987. The summed E-state index contributed by atoms with van der Waals surface area (Å²) >= 11 is 6.22. The van der Waals surface area contributed by atoms with Crippen LogP contribution >= 0.6 is 11.6 Å². The number of ketones is 1. The molecule has 1 aliphatic carbocycles. The van der Waals surface area contributed by atoms with Gasteiger partial charge in [-0.1, -0.05) is 12.8 Å². The minimum absolute atomic E-state index is 0.0104. The fourth-order valence-corrected chi connectivity index (χ4v) is 2.35. The number of aliphatic hydroxyl groups is 1. The summed E-state index contributed by atoms with van der Waals surface area (Å²) < 4.78 is 0. The molecule has 0 heterocycles. The zero-order valence-electron chi connectivity index (χ0n) is 8.27. The van der Waals surface area contributed by atoms with Gasteiger partial charge >= 0.3 is 0 Å². The number of halogens is 1. The maximum absolute atomic E-state index is 11.0. The molecule has 1 saturated carbocycles. The maximum Gasteiger partial charge on any atom is 0.132 e. The summed E-state index contributed by atoms with van der Waals surface area (Å²) in [5, 5.41) is 10.2. The summed E-state index contributed by atoms with van der Waals surface area (Å²) in [6.07, 6.45) is 3.63. The van der Waals surface area contributed by atoms with E-state index in [9.17, 15) is 9.90 Å². The molecule has 0 amide bonds. The third kappa shape index (κ3) is 2.23. The van der Waals surface area contributed by atoms with Gasteiger partial charge in [-0.25, -0.2) is 0 Å². The first-order valence-electron chi connectivity index (χ1n) is 4.78. The highest BCUT2D eigenvalue weighted by Gasteiger charge is 2.47. The summed E-state index contributed by atoms with van der Waals surface area (Å²) in [4.78, 5) is 10.4. The topological polar surface area (TPSA) is 37.3 Å². The van der Waals surface area contributed by atoms with Crippen molar-refractivity contribution in [3.8, 4) is 0 Å². The summed E-state index contributed by atoms with van der Waals surface area (Å²) in [6.45, 7) is 3.33. The normalized spacial score (nSPS) is 40.3. The van der Waals surface area contributed by atoms with Crippen molar-refractivity contribution < 1.29 is 9.90 Å². The highest BCUT2D eigenvalue weighted by atomic mass is 35.5. The smallest absolute Gasteiger partial charge is 0.132 e. The van der Waals surface area contributed by atoms with Gasteiger partial charge in [0.05, 0.1) is 10.5 Å². The molecule has 76 valence electrons. The molecule has 0 spiro atoms. The molecule has 0 aromatic carbocycles. The number of carbonyl (C=O) groups excluding carboxylic acids is 1. The Balaban J connectivity index is 2.77. The van der Waals surface area contributed by atoms with Crippen LogP contribution in [0, 0.1) is 0 Å². The molecule has 0 saturated heterocycles. The first-order chi connectivity index (χ1) is 5.87. The van der Waals surface area contributed by atoms with Crippen molar-refractivity contribution in [3.05, 3.63) is 0 Å². The van der Waals surface area contributed by atoms with E-state index in [1.165, 1.54) is 6.92 Å². The van der Waals surface area contributed by atoms with Crippen LogP contribution in [0.3, 0.4) is 0 Å². The van der Waals surface area contributed by atoms with E-state index in [1.807, 2.05) is 6.92 Å². The van der Waals surface area contributed by atoms with Crippen LogP contribution in [0.5, 0.6) is 0 Å². The van der Waals surface area contributed by atoms with Gasteiger partial charge in [0.1, 0.15) is 5.78 Å². The Kier molecular flexibility index (Phi) is 3.03. The van der Waals surface area contributed by atoms with Crippen LogP contribution in [0.2, 0.25) is 0 Å². The zero-order chi connectivity index (χ0) is 10.1. The van der Waals surface area contributed by atoms with E-state index in [4.69, 9.17) is 11.6 Å². The lowest BCUT2D eigenvalue weighted by molar-refractivity contribution is -0.125. The van der Waals surface area contributed by atoms with Gasteiger partial charge in [0.2, 0.25) is 0 Å². The average molecular weight is 205 g/mol. The maximum atomic E-state index is 11.0. The molecule has 1 fully saturated rings. The van der Waals surface area contributed by atoms with Crippen LogP contribution in [0.25, 0.3) is 0 Å². The summed E-state index contributed by atoms with van der Waals surface area (Å²) in [5.41, 5.74) is -0.987. The van der Waals surface area contributed by atoms with Crippen molar-refractivity contribution in [1.29, 1.82) is 0 Å². The van der Waals surface area contributed by atoms with Crippen molar-refractivity contribution >= 4 is 17.4 Å². The van der Waals surface area contributed by atoms with Crippen molar-refractivity contribution in [2.24, 2.45) is 0 Å². The second-order valence-electron chi connectivity index (χ2n) is 4.31. The first kappa shape index (κ1) is 11.0. The molecule has 2 nitrogen and oxygen atoms in total. The molecule has 0 bridgehead atoms. The molecule has 2 atom stereocenters. The Labute approximate surface area is 84.3 Å². The molecular formula is C10H17ClO2. The van der Waals surface area contributed by atoms with E-state index in [1.54, 1.807) is 0 Å². The van der Waals surface area contributed by atoms with E-state index in [0.29, 0.717) is 6.42 Å². The van der Waals surface area contributed by atoms with Gasteiger partial charge in [-0.3, -0.25) is 4.79 Å². The Hall–Kier alpha value is -0.0800. The van der Waals surface area contributed by atoms with Gasteiger partial charge in [0.15, 0.2) is 0 Å². The van der Waals surface area contributed by atoms with Crippen LogP contribution in [0.1, 0.15) is 46.0 Å². The van der Waals surface area contributed by atoms with Crippen LogP contribution < -0.4 is 0 Å². The number of rotatable bonds is 2. The van der Waals surface area contributed by atoms with Crippen LogP contribution in [-0.4, -0.2) is 21.4 Å². The number of Topliss-reactive ketones (excluding diaryl/α,β-unsaturated/α-hetero) is 1. The predicted octanol–water partition coefficient (Wildman–Crippen LogP) is 2.27. The summed E-state index contributed by atoms with van der Waals surface area (Å²) in [5.74, 6) is 0.0104. The van der Waals surface area contributed by atoms with Crippen LogP contribution in [0.4, 0.5) is 0 Å². The van der Waals surface area contributed by atoms with Gasteiger partial charge in [-0.15, -0.1) is 11.6 Å². The molecule has 1 N–H and O–H groups in total. The molecular weight excluding hydrogens is 188 g/mol. The fraction of sp³-hybridized carbons (Fsp3) is 0.900. The molecule has 3 heteroatoms. The monoisotopic (exact) mass is 204 g/mol. The largest absolute Gasteiger partial charge is 0.388 e. The Bertz CT molecular complexity index is 213. The van der Waals surface area contributed by atoms with Gasteiger partial charge in [-0.2, -0.15) is 0 Å². The number of carbonyl (C=O) groups is 1. The van der Waals surface area contributed by atoms with Gasteiger partial charge in [-0.05, 0) is 26.7 Å².